The van der Waals surface area contributed by atoms with Crippen molar-refractivity contribution in [2.24, 2.45) is 0 Å². The molecule has 0 bridgehead atoms. The van der Waals surface area contributed by atoms with Gasteiger partial charge in [-0.3, -0.25) is 14.4 Å². The predicted octanol–water partition coefficient (Wildman–Crippen LogP) is 1.78. The molecule has 2 aliphatic rings. The molecule has 6 nitrogen and oxygen atoms in total. The number of fused-ring (bicyclic) bond motifs is 1. The zero-order valence-corrected chi connectivity index (χ0v) is 15.1. The zero-order chi connectivity index (χ0) is 18.8. The standard InChI is InChI=1S/C21H23N3O3/c25-19-14-24(18-11-5-4-10-17(18)22-19)21(27)16-9-6-12-23(20(16)26)13-15-7-2-1-3-8-15/h1-3,6-9,12,17-18H,4-5,10-11,13-14H2,(H,22,25)/t17-,18+/m0/s1. The van der Waals surface area contributed by atoms with Crippen LogP contribution in [0.15, 0.2) is 53.5 Å². The molecule has 140 valence electrons. The largest absolute Gasteiger partial charge is 0.350 e. The number of carbonyl (C=O) groups is 2. The Morgan fingerprint density at radius 1 is 1.04 bits per heavy atom. The Kier molecular flexibility index (Phi) is 4.79. The minimum absolute atomic E-state index is 0.000735. The number of nitrogens with one attached hydrogen (secondary N) is 1. The van der Waals surface area contributed by atoms with E-state index in [1.54, 1.807) is 27.8 Å². The monoisotopic (exact) mass is 365 g/mol. The summed E-state index contributed by atoms with van der Waals surface area (Å²) >= 11 is 0. The Hall–Kier alpha value is -2.89. The van der Waals surface area contributed by atoms with E-state index in [-0.39, 0.29) is 41.6 Å². The van der Waals surface area contributed by atoms with Gasteiger partial charge < -0.3 is 14.8 Å². The van der Waals surface area contributed by atoms with Crippen LogP contribution in [0.5, 0.6) is 0 Å². The number of hydrogen-bond donors (Lipinski definition) is 1. The summed E-state index contributed by atoms with van der Waals surface area (Å²) in [6, 6.07) is 12.9. The van der Waals surface area contributed by atoms with Gasteiger partial charge in [0.1, 0.15) is 12.1 Å². The zero-order valence-electron chi connectivity index (χ0n) is 15.1. The van der Waals surface area contributed by atoms with Crippen molar-refractivity contribution in [3.63, 3.8) is 0 Å². The van der Waals surface area contributed by atoms with Crippen LogP contribution >= 0.6 is 0 Å². The maximum atomic E-state index is 13.2. The molecule has 1 aromatic heterocycles. The number of carbonyl (C=O) groups excluding carboxylic acids is 2. The highest BCUT2D eigenvalue weighted by Gasteiger charge is 2.39. The average Bonchev–Trinajstić information content (AvgIpc) is 2.69. The highest BCUT2D eigenvalue weighted by atomic mass is 16.2. The first-order chi connectivity index (χ1) is 13.1. The molecule has 4 rings (SSSR count). The molecule has 2 heterocycles. The number of rotatable bonds is 3. The van der Waals surface area contributed by atoms with E-state index in [0.717, 1.165) is 31.2 Å². The number of piperazine rings is 1. The van der Waals surface area contributed by atoms with Gasteiger partial charge in [0.15, 0.2) is 0 Å². The van der Waals surface area contributed by atoms with E-state index in [9.17, 15) is 14.4 Å². The highest BCUT2D eigenvalue weighted by Crippen LogP contribution is 2.26. The lowest BCUT2D eigenvalue weighted by molar-refractivity contribution is -0.127. The van der Waals surface area contributed by atoms with Crippen LogP contribution in [0.25, 0.3) is 0 Å². The fourth-order valence-electron chi connectivity index (χ4n) is 4.16. The van der Waals surface area contributed by atoms with Crippen LogP contribution in [0, 0.1) is 0 Å². The summed E-state index contributed by atoms with van der Waals surface area (Å²) in [6.45, 7) is 0.431. The van der Waals surface area contributed by atoms with Gasteiger partial charge in [0.25, 0.3) is 11.5 Å². The maximum absolute atomic E-state index is 13.2. The van der Waals surface area contributed by atoms with Crippen molar-refractivity contribution >= 4 is 11.8 Å². The van der Waals surface area contributed by atoms with Gasteiger partial charge >= 0.3 is 0 Å². The summed E-state index contributed by atoms with van der Waals surface area (Å²) in [6.07, 6.45) is 5.53. The van der Waals surface area contributed by atoms with Crippen molar-refractivity contribution in [3.05, 3.63) is 70.1 Å². The van der Waals surface area contributed by atoms with Gasteiger partial charge in [-0.15, -0.1) is 0 Å². The lowest BCUT2D eigenvalue weighted by Gasteiger charge is -2.43. The molecule has 0 radical (unpaired) electrons. The number of aromatic nitrogens is 1. The minimum atomic E-state index is -0.339. The Balaban J connectivity index is 1.62. The van der Waals surface area contributed by atoms with Gasteiger partial charge in [-0.2, -0.15) is 0 Å². The molecule has 1 aromatic carbocycles. The van der Waals surface area contributed by atoms with E-state index in [1.165, 1.54) is 0 Å². The van der Waals surface area contributed by atoms with E-state index < -0.39 is 0 Å². The molecule has 2 atom stereocenters. The summed E-state index contributed by atoms with van der Waals surface area (Å²) in [5.74, 6) is -0.485. The third-order valence-electron chi connectivity index (χ3n) is 5.50. The van der Waals surface area contributed by atoms with Gasteiger partial charge in [-0.1, -0.05) is 43.2 Å². The average molecular weight is 365 g/mol. The highest BCUT2D eigenvalue weighted by molar-refractivity contribution is 5.97. The van der Waals surface area contributed by atoms with Crippen molar-refractivity contribution in [1.29, 1.82) is 0 Å². The molecule has 6 heteroatoms. The topological polar surface area (TPSA) is 71.4 Å². The number of nitrogens with zero attached hydrogens (tertiary/aromatic N) is 2. The first kappa shape index (κ1) is 17.5. The number of hydrogen-bond acceptors (Lipinski definition) is 3. The SMILES string of the molecule is O=C1CN(C(=O)c2cccn(Cc3ccccc3)c2=O)[C@@H]2CCCC[C@@H]2N1. The Morgan fingerprint density at radius 3 is 2.63 bits per heavy atom. The summed E-state index contributed by atoms with van der Waals surface area (Å²) in [7, 11) is 0. The van der Waals surface area contributed by atoms with Crippen LogP contribution in [0.3, 0.4) is 0 Å². The van der Waals surface area contributed by atoms with Crippen molar-refractivity contribution in [1.82, 2.24) is 14.8 Å². The van der Waals surface area contributed by atoms with Gasteiger partial charge in [0, 0.05) is 12.2 Å². The van der Waals surface area contributed by atoms with Crippen molar-refractivity contribution in [2.45, 2.75) is 44.3 Å². The molecule has 0 spiro atoms. The lowest BCUT2D eigenvalue weighted by atomic mass is 9.87. The van der Waals surface area contributed by atoms with Crippen LogP contribution in [-0.2, 0) is 11.3 Å². The molecule has 2 amide bonds. The molecule has 1 N–H and O–H groups in total. The van der Waals surface area contributed by atoms with Crippen LogP contribution in [0.1, 0.15) is 41.6 Å². The normalized spacial score (nSPS) is 22.1. The molecule has 1 aliphatic carbocycles. The molecule has 0 unspecified atom stereocenters. The van der Waals surface area contributed by atoms with Gasteiger partial charge in [0.2, 0.25) is 5.91 Å². The second-order valence-electron chi connectivity index (χ2n) is 7.30. The Bertz CT molecular complexity index is 906. The van der Waals surface area contributed by atoms with E-state index in [2.05, 4.69) is 5.32 Å². The molecular formula is C21H23N3O3. The first-order valence-electron chi connectivity index (χ1n) is 9.47. The Morgan fingerprint density at radius 2 is 1.81 bits per heavy atom. The molecule has 1 aliphatic heterocycles. The molecule has 2 fully saturated rings. The van der Waals surface area contributed by atoms with E-state index in [0.29, 0.717) is 6.54 Å². The number of pyridine rings is 1. The van der Waals surface area contributed by atoms with Crippen molar-refractivity contribution < 1.29 is 9.59 Å². The van der Waals surface area contributed by atoms with Crippen LogP contribution in [0.2, 0.25) is 0 Å². The van der Waals surface area contributed by atoms with Gasteiger partial charge in [-0.25, -0.2) is 0 Å². The summed E-state index contributed by atoms with van der Waals surface area (Å²) in [4.78, 5) is 39.7. The third kappa shape index (κ3) is 3.52. The van der Waals surface area contributed by atoms with Gasteiger partial charge in [-0.05, 0) is 30.5 Å². The van der Waals surface area contributed by atoms with E-state index in [4.69, 9.17) is 0 Å². The molecule has 1 saturated heterocycles. The number of benzene rings is 1. The second-order valence-corrected chi connectivity index (χ2v) is 7.30. The Labute approximate surface area is 157 Å². The fourth-order valence-corrected chi connectivity index (χ4v) is 4.16. The quantitative estimate of drug-likeness (QED) is 0.901. The molecule has 1 saturated carbocycles. The second kappa shape index (κ2) is 7.39. The number of amides is 2. The molecular weight excluding hydrogens is 342 g/mol. The first-order valence-corrected chi connectivity index (χ1v) is 9.47. The fraction of sp³-hybridized carbons (Fsp3) is 0.381. The molecule has 27 heavy (non-hydrogen) atoms. The van der Waals surface area contributed by atoms with Crippen LogP contribution in [0.4, 0.5) is 0 Å². The minimum Gasteiger partial charge on any atom is -0.350 e. The van der Waals surface area contributed by atoms with E-state index in [1.807, 2.05) is 30.3 Å². The van der Waals surface area contributed by atoms with Crippen molar-refractivity contribution in [3.8, 4) is 0 Å². The van der Waals surface area contributed by atoms with Crippen LogP contribution in [-0.4, -0.2) is 39.9 Å². The van der Waals surface area contributed by atoms with Crippen LogP contribution < -0.4 is 10.9 Å². The van der Waals surface area contributed by atoms with E-state index >= 15 is 0 Å². The smallest absolute Gasteiger partial charge is 0.263 e. The van der Waals surface area contributed by atoms with Gasteiger partial charge in [0.05, 0.1) is 12.6 Å². The van der Waals surface area contributed by atoms with Crippen molar-refractivity contribution in [2.75, 3.05) is 6.54 Å². The predicted molar refractivity (Wildman–Crippen MR) is 101 cm³/mol. The molecule has 2 aromatic rings. The summed E-state index contributed by atoms with van der Waals surface area (Å²) in [5, 5.41) is 3.00. The maximum Gasteiger partial charge on any atom is 0.263 e. The lowest BCUT2D eigenvalue weighted by Crippen LogP contribution is -2.63. The third-order valence-corrected chi connectivity index (χ3v) is 5.50. The summed E-state index contributed by atoms with van der Waals surface area (Å²) in [5.41, 5.74) is 0.811. The summed E-state index contributed by atoms with van der Waals surface area (Å²) < 4.78 is 1.55.